The molecule has 2 fully saturated rings. The Labute approximate surface area is 84.9 Å². The molecule has 0 saturated carbocycles. The van der Waals surface area contributed by atoms with E-state index in [1.54, 1.807) is 7.11 Å². The summed E-state index contributed by atoms with van der Waals surface area (Å²) in [6.45, 7) is 3.26. The lowest BCUT2D eigenvalue weighted by Gasteiger charge is -2.28. The molecule has 3 unspecified atom stereocenters. The Morgan fingerprint density at radius 3 is 3.07 bits per heavy atom. The van der Waals surface area contributed by atoms with E-state index in [9.17, 15) is 0 Å². The molecule has 4 heteroatoms. The van der Waals surface area contributed by atoms with Crippen molar-refractivity contribution in [1.29, 1.82) is 0 Å². The average molecular weight is 201 g/mol. The maximum atomic E-state index is 5.87. The van der Waals surface area contributed by atoms with Gasteiger partial charge < -0.3 is 19.5 Å². The molecule has 2 heterocycles. The lowest BCUT2D eigenvalue weighted by molar-refractivity contribution is -0.0416. The molecule has 3 atom stereocenters. The molecular weight excluding hydrogens is 182 g/mol. The largest absolute Gasteiger partial charge is 0.382 e. The Morgan fingerprint density at radius 1 is 1.43 bits per heavy atom. The lowest BCUT2D eigenvalue weighted by atomic mass is 10.1. The molecule has 0 spiro atoms. The highest BCUT2D eigenvalue weighted by Crippen LogP contribution is 2.23. The van der Waals surface area contributed by atoms with Crippen molar-refractivity contribution >= 4 is 0 Å². The molecule has 2 aliphatic rings. The van der Waals surface area contributed by atoms with Crippen LogP contribution < -0.4 is 5.32 Å². The number of rotatable bonds is 3. The second-order valence-electron chi connectivity index (χ2n) is 3.96. The van der Waals surface area contributed by atoms with Gasteiger partial charge in [0, 0.05) is 13.7 Å². The molecule has 0 aromatic heterocycles. The van der Waals surface area contributed by atoms with Crippen LogP contribution in [0.5, 0.6) is 0 Å². The summed E-state index contributed by atoms with van der Waals surface area (Å²) in [6.07, 6.45) is 2.83. The predicted molar refractivity (Wildman–Crippen MR) is 52.4 cm³/mol. The van der Waals surface area contributed by atoms with Crippen molar-refractivity contribution in [3.8, 4) is 0 Å². The van der Waals surface area contributed by atoms with Crippen LogP contribution in [-0.2, 0) is 14.2 Å². The zero-order valence-electron chi connectivity index (χ0n) is 8.70. The second kappa shape index (κ2) is 5.07. The first-order valence-corrected chi connectivity index (χ1v) is 5.35. The summed E-state index contributed by atoms with van der Waals surface area (Å²) in [7, 11) is 1.72. The fraction of sp³-hybridized carbons (Fsp3) is 1.00. The van der Waals surface area contributed by atoms with Gasteiger partial charge in [0.25, 0.3) is 0 Å². The van der Waals surface area contributed by atoms with E-state index in [1.165, 1.54) is 0 Å². The van der Waals surface area contributed by atoms with Gasteiger partial charge in [-0.15, -0.1) is 0 Å². The molecule has 2 rings (SSSR count). The molecule has 0 aliphatic carbocycles. The van der Waals surface area contributed by atoms with Crippen LogP contribution in [0.3, 0.4) is 0 Å². The zero-order chi connectivity index (χ0) is 9.80. The van der Waals surface area contributed by atoms with E-state index in [2.05, 4.69) is 5.32 Å². The van der Waals surface area contributed by atoms with Crippen molar-refractivity contribution in [2.75, 3.05) is 33.5 Å². The van der Waals surface area contributed by atoms with Gasteiger partial charge in [-0.2, -0.15) is 0 Å². The molecule has 2 saturated heterocycles. The quantitative estimate of drug-likeness (QED) is 0.706. The number of morpholine rings is 1. The summed E-state index contributed by atoms with van der Waals surface area (Å²) in [4.78, 5) is 0. The van der Waals surface area contributed by atoms with Crippen molar-refractivity contribution in [3.05, 3.63) is 0 Å². The molecular formula is C10H19NO3. The molecule has 0 bridgehead atoms. The summed E-state index contributed by atoms with van der Waals surface area (Å²) >= 11 is 0. The summed E-state index contributed by atoms with van der Waals surface area (Å²) in [5.41, 5.74) is 0. The maximum absolute atomic E-state index is 5.87. The molecule has 1 N–H and O–H groups in total. The first-order valence-electron chi connectivity index (χ1n) is 5.35. The number of hydrogen-bond acceptors (Lipinski definition) is 4. The van der Waals surface area contributed by atoms with Crippen LogP contribution >= 0.6 is 0 Å². The summed E-state index contributed by atoms with van der Waals surface area (Å²) in [5, 5.41) is 3.43. The van der Waals surface area contributed by atoms with E-state index in [4.69, 9.17) is 14.2 Å². The number of hydrogen-bond donors (Lipinski definition) is 1. The average Bonchev–Trinajstić information content (AvgIpc) is 2.68. The minimum Gasteiger partial charge on any atom is -0.382 e. The maximum Gasteiger partial charge on any atom is 0.0813 e. The molecule has 0 aromatic carbocycles. The van der Waals surface area contributed by atoms with Crippen LogP contribution in [0.2, 0.25) is 0 Å². The van der Waals surface area contributed by atoms with Crippen LogP contribution in [0.1, 0.15) is 12.8 Å². The topological polar surface area (TPSA) is 39.7 Å². The van der Waals surface area contributed by atoms with Gasteiger partial charge in [0.15, 0.2) is 0 Å². The third kappa shape index (κ3) is 2.45. The Hall–Kier alpha value is -0.160. The Balaban J connectivity index is 1.76. The number of methoxy groups -OCH3 is 1. The van der Waals surface area contributed by atoms with E-state index < -0.39 is 0 Å². The molecule has 2 aliphatic heterocycles. The van der Waals surface area contributed by atoms with Crippen LogP contribution in [-0.4, -0.2) is 51.7 Å². The SMILES string of the molecule is COCC1CCC(C2COCCN2)O1. The van der Waals surface area contributed by atoms with Gasteiger partial charge in [-0.1, -0.05) is 0 Å². The van der Waals surface area contributed by atoms with Gasteiger partial charge in [0.05, 0.1) is 38.1 Å². The van der Waals surface area contributed by atoms with E-state index >= 15 is 0 Å². The van der Waals surface area contributed by atoms with E-state index in [0.29, 0.717) is 18.8 Å². The fourth-order valence-electron chi connectivity index (χ4n) is 2.16. The number of nitrogens with one attached hydrogen (secondary N) is 1. The van der Waals surface area contributed by atoms with Gasteiger partial charge in [0.1, 0.15) is 0 Å². The minimum atomic E-state index is 0.286. The lowest BCUT2D eigenvalue weighted by Crippen LogP contribution is -2.48. The highest BCUT2D eigenvalue weighted by molar-refractivity contribution is 4.85. The van der Waals surface area contributed by atoms with E-state index in [-0.39, 0.29) is 6.10 Å². The van der Waals surface area contributed by atoms with Crippen molar-refractivity contribution < 1.29 is 14.2 Å². The zero-order valence-corrected chi connectivity index (χ0v) is 8.70. The Morgan fingerprint density at radius 2 is 2.36 bits per heavy atom. The first-order chi connectivity index (χ1) is 6.90. The third-order valence-electron chi connectivity index (χ3n) is 2.89. The van der Waals surface area contributed by atoms with Crippen molar-refractivity contribution in [2.24, 2.45) is 0 Å². The van der Waals surface area contributed by atoms with Crippen LogP contribution in [0.15, 0.2) is 0 Å². The summed E-state index contributed by atoms with van der Waals surface area (Å²) in [5.74, 6) is 0. The monoisotopic (exact) mass is 201 g/mol. The fourth-order valence-corrected chi connectivity index (χ4v) is 2.16. The van der Waals surface area contributed by atoms with Crippen LogP contribution in [0.25, 0.3) is 0 Å². The molecule has 14 heavy (non-hydrogen) atoms. The Kier molecular flexibility index (Phi) is 3.75. The van der Waals surface area contributed by atoms with Crippen LogP contribution in [0.4, 0.5) is 0 Å². The number of ether oxygens (including phenoxy) is 3. The van der Waals surface area contributed by atoms with Crippen molar-refractivity contribution in [2.45, 2.75) is 31.1 Å². The molecule has 4 nitrogen and oxygen atoms in total. The molecule has 0 amide bonds. The molecule has 0 aromatic rings. The normalized spacial score (nSPS) is 38.8. The molecule has 82 valence electrons. The second-order valence-corrected chi connectivity index (χ2v) is 3.96. The van der Waals surface area contributed by atoms with Gasteiger partial charge in [0.2, 0.25) is 0 Å². The van der Waals surface area contributed by atoms with Gasteiger partial charge >= 0.3 is 0 Å². The minimum absolute atomic E-state index is 0.286. The van der Waals surface area contributed by atoms with Gasteiger partial charge in [-0.05, 0) is 12.8 Å². The highest BCUT2D eigenvalue weighted by atomic mass is 16.5. The van der Waals surface area contributed by atoms with Crippen molar-refractivity contribution in [3.63, 3.8) is 0 Å². The molecule has 0 radical (unpaired) electrons. The van der Waals surface area contributed by atoms with Gasteiger partial charge in [-0.25, -0.2) is 0 Å². The standard InChI is InChI=1S/C10H19NO3/c1-12-6-8-2-3-10(14-8)9-7-13-5-4-11-9/h8-11H,2-7H2,1H3. The summed E-state index contributed by atoms with van der Waals surface area (Å²) in [6, 6.07) is 0.380. The smallest absolute Gasteiger partial charge is 0.0813 e. The first kappa shape index (κ1) is 10.4. The van der Waals surface area contributed by atoms with E-state index in [0.717, 1.165) is 32.6 Å². The highest BCUT2D eigenvalue weighted by Gasteiger charge is 2.32. The van der Waals surface area contributed by atoms with Gasteiger partial charge in [-0.3, -0.25) is 0 Å². The Bertz CT molecular complexity index is 171. The van der Waals surface area contributed by atoms with E-state index in [1.807, 2.05) is 0 Å². The van der Waals surface area contributed by atoms with Crippen LogP contribution in [0, 0.1) is 0 Å². The summed E-state index contributed by atoms with van der Waals surface area (Å²) < 4.78 is 16.4. The predicted octanol–water partition coefficient (Wildman–Crippen LogP) is 0.169. The van der Waals surface area contributed by atoms with Crippen molar-refractivity contribution in [1.82, 2.24) is 5.32 Å². The third-order valence-corrected chi connectivity index (χ3v) is 2.89.